The van der Waals surface area contributed by atoms with Crippen molar-refractivity contribution in [3.8, 4) is 5.75 Å². The first-order chi connectivity index (χ1) is 21.4. The predicted octanol–water partition coefficient (Wildman–Crippen LogP) is 8.37. The van der Waals surface area contributed by atoms with Crippen molar-refractivity contribution in [3.63, 3.8) is 0 Å². The number of benzene rings is 2. The van der Waals surface area contributed by atoms with E-state index in [1.165, 1.54) is 30.2 Å². The van der Waals surface area contributed by atoms with Gasteiger partial charge >= 0.3 is 5.97 Å². The lowest BCUT2D eigenvalue weighted by molar-refractivity contribution is -0.144. The smallest absolute Gasteiger partial charge is 0.306 e. The van der Waals surface area contributed by atoms with Crippen molar-refractivity contribution in [1.82, 2.24) is 14.7 Å². The van der Waals surface area contributed by atoms with Crippen molar-refractivity contribution in [2.75, 3.05) is 26.2 Å². The predicted molar refractivity (Wildman–Crippen MR) is 185 cm³/mol. The maximum atomic E-state index is 14.3. The summed E-state index contributed by atoms with van der Waals surface area (Å²) in [7, 11) is 0. The molecular formula is C37H50Cl2FN3O3. The molecule has 6 nitrogen and oxygen atoms in total. The number of hydrogen-bond acceptors (Lipinski definition) is 4. The van der Waals surface area contributed by atoms with Crippen LogP contribution in [0.5, 0.6) is 5.75 Å². The van der Waals surface area contributed by atoms with Gasteiger partial charge in [0.15, 0.2) is 0 Å². The lowest BCUT2D eigenvalue weighted by atomic mass is 9.85. The lowest BCUT2D eigenvalue weighted by Crippen LogP contribution is -2.37. The van der Waals surface area contributed by atoms with Crippen LogP contribution >= 0.6 is 24.8 Å². The van der Waals surface area contributed by atoms with Gasteiger partial charge in [-0.2, -0.15) is 5.10 Å². The van der Waals surface area contributed by atoms with Crippen LogP contribution in [0.4, 0.5) is 4.39 Å². The van der Waals surface area contributed by atoms with Gasteiger partial charge in [-0.25, -0.2) is 4.39 Å². The van der Waals surface area contributed by atoms with Gasteiger partial charge in [-0.1, -0.05) is 37.1 Å². The summed E-state index contributed by atoms with van der Waals surface area (Å²) in [5, 5.41) is 15.1. The molecule has 3 unspecified atom stereocenters. The van der Waals surface area contributed by atoms with Gasteiger partial charge in [-0.3, -0.25) is 9.48 Å². The molecule has 0 bridgehead atoms. The van der Waals surface area contributed by atoms with Crippen LogP contribution in [0.25, 0.3) is 0 Å². The van der Waals surface area contributed by atoms with E-state index in [-0.39, 0.29) is 48.4 Å². The third-order valence-corrected chi connectivity index (χ3v) is 10.5. The number of rotatable bonds is 13. The number of nitrogens with zero attached hydrogens (tertiary/aromatic N) is 3. The minimum absolute atomic E-state index is 0. The number of aryl methyl sites for hydroxylation is 1. The number of carboxylic acids is 1. The summed E-state index contributed by atoms with van der Waals surface area (Å²) in [6, 6.07) is 17.7. The summed E-state index contributed by atoms with van der Waals surface area (Å²) in [6.07, 6.45) is 7.91. The molecule has 1 aromatic heterocycles. The number of hydrogen-bond donors (Lipinski definition) is 1. The minimum atomic E-state index is -0.643. The Morgan fingerprint density at radius 2 is 1.76 bits per heavy atom. The van der Waals surface area contributed by atoms with E-state index in [2.05, 4.69) is 34.7 Å². The maximum absolute atomic E-state index is 14.3. The molecule has 9 heteroatoms. The van der Waals surface area contributed by atoms with E-state index in [9.17, 15) is 14.3 Å². The van der Waals surface area contributed by atoms with Crippen LogP contribution < -0.4 is 4.74 Å². The normalized spacial score (nSPS) is 22.5. The van der Waals surface area contributed by atoms with Crippen LogP contribution in [-0.4, -0.2) is 52.0 Å². The second-order valence-corrected chi connectivity index (χ2v) is 13.5. The van der Waals surface area contributed by atoms with E-state index in [1.54, 1.807) is 12.1 Å². The van der Waals surface area contributed by atoms with Gasteiger partial charge in [-0.05, 0) is 124 Å². The summed E-state index contributed by atoms with van der Waals surface area (Å²) in [6.45, 7) is 8.70. The Morgan fingerprint density at radius 1 is 1.02 bits per heavy atom. The highest BCUT2D eigenvalue weighted by molar-refractivity contribution is 5.85. The average Bonchev–Trinajstić information content (AvgIpc) is 3.62. The fourth-order valence-corrected chi connectivity index (χ4v) is 8.03. The molecule has 2 aromatic carbocycles. The van der Waals surface area contributed by atoms with E-state index in [0.717, 1.165) is 81.7 Å². The van der Waals surface area contributed by atoms with E-state index < -0.39 is 5.97 Å². The van der Waals surface area contributed by atoms with Crippen LogP contribution in [-0.2, 0) is 17.8 Å². The fraction of sp³-hybridized carbons (Fsp3) is 0.568. The molecular weight excluding hydrogens is 624 g/mol. The number of aromatic nitrogens is 2. The Hall–Kier alpha value is -2.61. The number of ether oxygens (including phenoxy) is 1. The van der Waals surface area contributed by atoms with Gasteiger partial charge in [-0.15, -0.1) is 24.8 Å². The molecule has 0 amide bonds. The van der Waals surface area contributed by atoms with Crippen molar-refractivity contribution in [1.29, 1.82) is 0 Å². The molecule has 252 valence electrons. The monoisotopic (exact) mass is 673 g/mol. The molecule has 0 radical (unpaired) electrons. The second kappa shape index (κ2) is 16.5. The maximum Gasteiger partial charge on any atom is 0.306 e. The molecule has 4 atom stereocenters. The van der Waals surface area contributed by atoms with Crippen LogP contribution in [0.15, 0.2) is 54.6 Å². The number of likely N-dealkylation sites (tertiary alicyclic amines) is 1. The third-order valence-electron chi connectivity index (χ3n) is 10.5. The Bertz CT molecular complexity index is 1410. The van der Waals surface area contributed by atoms with Gasteiger partial charge in [0.25, 0.3) is 0 Å². The fourth-order valence-electron chi connectivity index (χ4n) is 8.03. The highest BCUT2D eigenvalue weighted by Gasteiger charge is 2.43. The van der Waals surface area contributed by atoms with E-state index >= 15 is 0 Å². The molecule has 1 saturated heterocycles. The number of carbonyl (C=O) groups is 1. The van der Waals surface area contributed by atoms with Gasteiger partial charge in [0.05, 0.1) is 18.2 Å². The van der Waals surface area contributed by atoms with Gasteiger partial charge < -0.3 is 14.7 Å². The molecule has 46 heavy (non-hydrogen) atoms. The molecule has 1 N–H and O–H groups in total. The average molecular weight is 675 g/mol. The Kier molecular flexibility index (Phi) is 13.0. The number of halogens is 3. The zero-order valence-electron chi connectivity index (χ0n) is 27.2. The number of piperidine rings is 1. The van der Waals surface area contributed by atoms with Gasteiger partial charge in [0.2, 0.25) is 0 Å². The van der Waals surface area contributed by atoms with E-state index in [1.807, 2.05) is 25.1 Å². The molecule has 2 aliphatic carbocycles. The molecule has 1 aliphatic heterocycles. The van der Waals surface area contributed by atoms with Crippen molar-refractivity contribution < 1.29 is 19.0 Å². The zero-order chi connectivity index (χ0) is 30.6. The molecule has 3 aliphatic rings. The highest BCUT2D eigenvalue weighted by atomic mass is 35.5. The van der Waals surface area contributed by atoms with Crippen molar-refractivity contribution >= 4 is 30.8 Å². The number of carboxylic acid groups (broad SMARTS) is 1. The SMILES string of the molecule is CCOc1ccc(Cc2cc(C3CCN(CC4CC([C@H](CC5CC5)C(=O)O)CC4c4cccc(F)c4)CC3)n(CC)n2)cc1.Cl.Cl. The second-order valence-electron chi connectivity index (χ2n) is 13.5. The van der Waals surface area contributed by atoms with Crippen LogP contribution in [0.3, 0.4) is 0 Å². The molecule has 2 saturated carbocycles. The Labute approximate surface area is 285 Å². The minimum Gasteiger partial charge on any atom is -0.494 e. The summed E-state index contributed by atoms with van der Waals surface area (Å²) in [4.78, 5) is 14.9. The molecule has 3 aromatic rings. The van der Waals surface area contributed by atoms with Crippen molar-refractivity contribution in [2.24, 2.45) is 23.7 Å². The first kappa shape index (κ1) is 36.2. The Morgan fingerprint density at radius 3 is 2.39 bits per heavy atom. The first-order valence-corrected chi connectivity index (χ1v) is 16.9. The number of aliphatic carboxylic acids is 1. The van der Waals surface area contributed by atoms with Crippen LogP contribution in [0, 0.1) is 29.5 Å². The van der Waals surface area contributed by atoms with E-state index in [4.69, 9.17) is 9.84 Å². The first-order valence-electron chi connectivity index (χ1n) is 16.9. The van der Waals surface area contributed by atoms with Gasteiger partial charge in [0, 0.05) is 31.1 Å². The van der Waals surface area contributed by atoms with Crippen LogP contribution in [0.2, 0.25) is 0 Å². The van der Waals surface area contributed by atoms with Crippen molar-refractivity contribution in [2.45, 2.75) is 83.6 Å². The van der Waals surface area contributed by atoms with Crippen LogP contribution in [0.1, 0.15) is 93.1 Å². The summed E-state index contributed by atoms with van der Waals surface area (Å²) in [5.41, 5.74) is 4.73. The third kappa shape index (κ3) is 8.84. The van der Waals surface area contributed by atoms with Gasteiger partial charge in [0.1, 0.15) is 11.6 Å². The molecule has 2 heterocycles. The molecule has 6 rings (SSSR count). The lowest BCUT2D eigenvalue weighted by Gasteiger charge is -2.35. The summed E-state index contributed by atoms with van der Waals surface area (Å²) in [5.74, 6) is 1.57. The Balaban J connectivity index is 0.00000240. The zero-order valence-corrected chi connectivity index (χ0v) is 28.8. The summed E-state index contributed by atoms with van der Waals surface area (Å²) >= 11 is 0. The molecule has 0 spiro atoms. The van der Waals surface area contributed by atoms with E-state index in [0.29, 0.717) is 24.4 Å². The van der Waals surface area contributed by atoms with Crippen molar-refractivity contribution in [3.05, 3.63) is 82.9 Å². The highest BCUT2D eigenvalue weighted by Crippen LogP contribution is 2.49. The topological polar surface area (TPSA) is 67.6 Å². The standard InChI is InChI=1S/C37H48FN3O3.2ClH/c1-3-41-36(23-32(39-41)18-25-10-12-33(13-11-25)44-4-2)27-14-16-40(17-15-27)24-30-20-29(35(37(42)43)19-26-8-9-26)22-34(30)28-6-5-7-31(38)21-28;;/h5-7,10-13,21,23,26-27,29-30,34-35H,3-4,8-9,14-20,22,24H2,1-2H3,(H,42,43);2*1H/t29?,30?,34?,35-;;/m0../s1. The quantitative estimate of drug-likeness (QED) is 0.197. The molecule has 3 fully saturated rings. The summed E-state index contributed by atoms with van der Waals surface area (Å²) < 4.78 is 22.1. The largest absolute Gasteiger partial charge is 0.494 e.